The van der Waals surface area contributed by atoms with Crippen molar-refractivity contribution >= 4 is 5.91 Å². The molecule has 0 aromatic heterocycles. The Labute approximate surface area is 171 Å². The summed E-state index contributed by atoms with van der Waals surface area (Å²) in [6.07, 6.45) is 1.56. The molecule has 0 aliphatic carbocycles. The van der Waals surface area contributed by atoms with Crippen molar-refractivity contribution in [2.45, 2.75) is 19.4 Å². The number of amides is 1. The van der Waals surface area contributed by atoms with E-state index in [0.717, 1.165) is 35.3 Å². The van der Waals surface area contributed by atoms with Gasteiger partial charge in [0.05, 0.1) is 14.2 Å². The van der Waals surface area contributed by atoms with Crippen molar-refractivity contribution in [3.63, 3.8) is 0 Å². The predicted octanol–water partition coefficient (Wildman–Crippen LogP) is 4.49. The summed E-state index contributed by atoms with van der Waals surface area (Å²) in [4.78, 5) is 15.3. The van der Waals surface area contributed by atoms with Crippen molar-refractivity contribution in [2.24, 2.45) is 0 Å². The minimum atomic E-state index is 0.0805. The Hall–Kier alpha value is -3.27. The van der Waals surface area contributed by atoms with Gasteiger partial charge in [-0.25, -0.2) is 0 Å². The van der Waals surface area contributed by atoms with Crippen molar-refractivity contribution in [1.29, 1.82) is 0 Å². The summed E-state index contributed by atoms with van der Waals surface area (Å²) in [5, 5.41) is 0. The van der Waals surface area contributed by atoms with Gasteiger partial charge in [0.1, 0.15) is 0 Å². The zero-order chi connectivity index (χ0) is 20.2. The monoisotopic (exact) mass is 387 g/mol. The van der Waals surface area contributed by atoms with E-state index in [1.54, 1.807) is 14.2 Å². The Balaban J connectivity index is 1.59. The number of nitrogens with zero attached hydrogens (tertiary/aromatic N) is 1. The van der Waals surface area contributed by atoms with Gasteiger partial charge in [0.2, 0.25) is 0 Å². The second-order valence-electron chi connectivity index (χ2n) is 7.27. The van der Waals surface area contributed by atoms with Crippen LogP contribution in [0, 0.1) is 0 Å². The van der Waals surface area contributed by atoms with Crippen LogP contribution in [0.15, 0.2) is 66.7 Å². The molecule has 3 aromatic carbocycles. The second kappa shape index (κ2) is 8.39. The summed E-state index contributed by atoms with van der Waals surface area (Å²) in [5.74, 6) is 1.52. The molecule has 1 amide bonds. The number of ether oxygens (including phenoxy) is 2. The maximum absolute atomic E-state index is 13.4. The summed E-state index contributed by atoms with van der Waals surface area (Å²) < 4.78 is 10.9. The van der Waals surface area contributed by atoms with Crippen LogP contribution in [-0.2, 0) is 19.4 Å². The number of hydrogen-bond acceptors (Lipinski definition) is 3. The van der Waals surface area contributed by atoms with Gasteiger partial charge in [0, 0.05) is 18.7 Å². The summed E-state index contributed by atoms with van der Waals surface area (Å²) in [7, 11) is 3.28. The summed E-state index contributed by atoms with van der Waals surface area (Å²) in [6.45, 7) is 1.27. The van der Waals surface area contributed by atoms with E-state index >= 15 is 0 Å². The lowest BCUT2D eigenvalue weighted by atomic mass is 9.96. The summed E-state index contributed by atoms with van der Waals surface area (Å²) >= 11 is 0. The number of methoxy groups -OCH3 is 2. The number of carbonyl (C=O) groups excluding carboxylic acids is 1. The average Bonchev–Trinajstić information content (AvgIpc) is 2.78. The average molecular weight is 387 g/mol. The molecule has 1 aliphatic heterocycles. The first-order valence-corrected chi connectivity index (χ1v) is 9.84. The highest BCUT2D eigenvalue weighted by Crippen LogP contribution is 2.33. The molecule has 0 unspecified atom stereocenters. The van der Waals surface area contributed by atoms with Gasteiger partial charge in [-0.3, -0.25) is 4.79 Å². The molecule has 0 saturated carbocycles. The minimum absolute atomic E-state index is 0.0805. The molecule has 1 heterocycles. The van der Waals surface area contributed by atoms with Crippen LogP contribution in [0.5, 0.6) is 11.5 Å². The van der Waals surface area contributed by atoms with E-state index in [2.05, 4.69) is 12.1 Å². The third-order valence-corrected chi connectivity index (χ3v) is 5.49. The van der Waals surface area contributed by atoms with Crippen LogP contribution in [0.4, 0.5) is 0 Å². The van der Waals surface area contributed by atoms with Gasteiger partial charge >= 0.3 is 0 Å². The summed E-state index contributed by atoms with van der Waals surface area (Å²) in [5.41, 5.74) is 5.36. The highest BCUT2D eigenvalue weighted by atomic mass is 16.5. The van der Waals surface area contributed by atoms with E-state index in [-0.39, 0.29) is 5.91 Å². The molecule has 0 saturated heterocycles. The lowest BCUT2D eigenvalue weighted by Gasteiger charge is -2.30. The molecular weight excluding hydrogens is 362 g/mol. The van der Waals surface area contributed by atoms with Crippen molar-refractivity contribution in [3.05, 3.63) is 94.5 Å². The van der Waals surface area contributed by atoms with E-state index in [1.165, 1.54) is 11.1 Å². The topological polar surface area (TPSA) is 38.8 Å². The molecule has 3 aromatic rings. The van der Waals surface area contributed by atoms with Gasteiger partial charge in [-0.15, -0.1) is 0 Å². The van der Waals surface area contributed by atoms with Gasteiger partial charge in [0.15, 0.2) is 11.5 Å². The van der Waals surface area contributed by atoms with E-state index in [1.807, 2.05) is 59.5 Å². The number of fused-ring (bicyclic) bond motifs is 1. The van der Waals surface area contributed by atoms with Crippen LogP contribution in [0.3, 0.4) is 0 Å². The fourth-order valence-electron chi connectivity index (χ4n) is 3.93. The van der Waals surface area contributed by atoms with Crippen LogP contribution >= 0.6 is 0 Å². The fourth-order valence-corrected chi connectivity index (χ4v) is 3.93. The van der Waals surface area contributed by atoms with Crippen LogP contribution in [0.1, 0.15) is 32.6 Å². The third-order valence-electron chi connectivity index (χ3n) is 5.49. The number of rotatable bonds is 5. The summed E-state index contributed by atoms with van der Waals surface area (Å²) in [6, 6.07) is 22.2. The first-order valence-electron chi connectivity index (χ1n) is 9.84. The zero-order valence-corrected chi connectivity index (χ0v) is 16.9. The van der Waals surface area contributed by atoms with E-state index in [0.29, 0.717) is 18.8 Å². The Morgan fingerprint density at radius 3 is 2.28 bits per heavy atom. The molecule has 1 aliphatic rings. The van der Waals surface area contributed by atoms with Gasteiger partial charge in [-0.1, -0.05) is 48.5 Å². The molecular formula is C25H25NO3. The highest BCUT2D eigenvalue weighted by molar-refractivity contribution is 5.96. The Morgan fingerprint density at radius 2 is 1.55 bits per heavy atom. The molecule has 0 bridgehead atoms. The molecule has 0 spiro atoms. The van der Waals surface area contributed by atoms with Gasteiger partial charge in [-0.2, -0.15) is 0 Å². The number of benzene rings is 3. The Kier molecular flexibility index (Phi) is 5.52. The maximum atomic E-state index is 13.4. The molecule has 148 valence electrons. The largest absolute Gasteiger partial charge is 0.493 e. The first-order chi connectivity index (χ1) is 14.2. The molecule has 0 radical (unpaired) electrons. The van der Waals surface area contributed by atoms with Crippen molar-refractivity contribution in [3.8, 4) is 11.5 Å². The van der Waals surface area contributed by atoms with Gasteiger partial charge in [0.25, 0.3) is 5.91 Å². The molecule has 4 nitrogen and oxygen atoms in total. The molecule has 29 heavy (non-hydrogen) atoms. The molecule has 0 fully saturated rings. The molecule has 4 heteroatoms. The van der Waals surface area contributed by atoms with E-state index in [4.69, 9.17) is 9.47 Å². The van der Waals surface area contributed by atoms with Crippen LogP contribution < -0.4 is 9.47 Å². The van der Waals surface area contributed by atoms with Crippen molar-refractivity contribution in [2.75, 3.05) is 20.8 Å². The van der Waals surface area contributed by atoms with Gasteiger partial charge < -0.3 is 14.4 Å². The van der Waals surface area contributed by atoms with E-state index in [9.17, 15) is 4.79 Å². The lowest BCUT2D eigenvalue weighted by molar-refractivity contribution is 0.0733. The quantitative estimate of drug-likeness (QED) is 0.647. The smallest absolute Gasteiger partial charge is 0.254 e. The van der Waals surface area contributed by atoms with Crippen molar-refractivity contribution in [1.82, 2.24) is 4.90 Å². The fraction of sp³-hybridized carbons (Fsp3) is 0.240. The third kappa shape index (κ3) is 3.97. The molecule has 4 rings (SSSR count). The molecule has 0 atom stereocenters. The van der Waals surface area contributed by atoms with Gasteiger partial charge in [-0.05, 0) is 53.3 Å². The zero-order valence-electron chi connectivity index (χ0n) is 16.9. The number of hydrogen-bond donors (Lipinski definition) is 0. The Bertz CT molecular complexity index is 1010. The number of carbonyl (C=O) groups is 1. The van der Waals surface area contributed by atoms with Crippen molar-refractivity contribution < 1.29 is 14.3 Å². The minimum Gasteiger partial charge on any atom is -0.493 e. The Morgan fingerprint density at radius 1 is 0.897 bits per heavy atom. The lowest BCUT2D eigenvalue weighted by Crippen LogP contribution is -2.36. The highest BCUT2D eigenvalue weighted by Gasteiger charge is 2.25. The van der Waals surface area contributed by atoms with E-state index < -0.39 is 0 Å². The first kappa shape index (κ1) is 19.1. The second-order valence-corrected chi connectivity index (χ2v) is 7.27. The van der Waals surface area contributed by atoms with Crippen LogP contribution in [0.2, 0.25) is 0 Å². The normalized spacial score (nSPS) is 13.0. The van der Waals surface area contributed by atoms with Crippen LogP contribution in [0.25, 0.3) is 0 Å². The molecule has 0 N–H and O–H groups in total. The van der Waals surface area contributed by atoms with Crippen LogP contribution in [-0.4, -0.2) is 31.6 Å². The predicted molar refractivity (Wildman–Crippen MR) is 114 cm³/mol. The SMILES string of the molecule is COc1cc2c(cc1OC)CN(C(=O)c1ccccc1Cc1ccccc1)CC2. The maximum Gasteiger partial charge on any atom is 0.254 e. The standard InChI is InChI=1S/C25H25NO3/c1-28-23-15-19-12-13-26(17-21(19)16-24(23)29-2)25(27)22-11-7-6-10-20(22)14-18-8-4-3-5-9-18/h3-11,15-16H,12-14,17H2,1-2H3.